The van der Waals surface area contributed by atoms with Crippen LogP contribution in [0.4, 0.5) is 0 Å². The van der Waals surface area contributed by atoms with Crippen molar-refractivity contribution in [2.24, 2.45) is 11.5 Å². The van der Waals surface area contributed by atoms with Crippen molar-refractivity contribution >= 4 is 0 Å². The molecule has 0 saturated heterocycles. The first-order chi connectivity index (χ1) is 14.0. The van der Waals surface area contributed by atoms with E-state index in [4.69, 9.17) is 11.5 Å². The van der Waals surface area contributed by atoms with Gasteiger partial charge in [-0.05, 0) is 71.8 Å². The summed E-state index contributed by atoms with van der Waals surface area (Å²) in [5.41, 5.74) is 17.2. The fraction of sp³-hybridized carbons (Fsp3) is 0.208. The molecule has 0 fully saturated rings. The number of benzene rings is 3. The van der Waals surface area contributed by atoms with Gasteiger partial charge in [0.2, 0.25) is 0 Å². The van der Waals surface area contributed by atoms with Crippen LogP contribution in [0.25, 0.3) is 0 Å². The average molecular weight is 387 g/mol. The third-order valence-electron chi connectivity index (χ3n) is 5.18. The molecule has 0 heterocycles. The first-order valence-electron chi connectivity index (χ1n) is 9.58. The van der Waals surface area contributed by atoms with Gasteiger partial charge in [-0.15, -0.1) is 0 Å². The lowest BCUT2D eigenvalue weighted by Gasteiger charge is -2.18. The van der Waals surface area contributed by atoms with Gasteiger partial charge in [0.1, 0.15) is 11.5 Å². The summed E-state index contributed by atoms with van der Waals surface area (Å²) in [6, 6.07) is 21.3. The average Bonchev–Trinajstić information content (AvgIpc) is 2.73. The maximum atomic E-state index is 9.57. The van der Waals surface area contributed by atoms with E-state index in [-0.39, 0.29) is 23.6 Å². The second-order valence-corrected chi connectivity index (χ2v) is 7.19. The topological polar surface area (TPSA) is 116 Å². The number of aryl methyl sites for hydroxylation is 1. The molecule has 2 unspecified atom stereocenters. The maximum Gasteiger partial charge on any atom is 0.115 e. The molecule has 0 saturated carbocycles. The molecular weight excluding hydrogens is 362 g/mol. The van der Waals surface area contributed by atoms with Crippen LogP contribution >= 0.6 is 0 Å². The highest BCUT2D eigenvalue weighted by molar-refractivity contribution is 5.44. The zero-order valence-corrected chi connectivity index (χ0v) is 16.1. The lowest BCUT2D eigenvalue weighted by Crippen LogP contribution is -2.16. The number of hydrogen-bond acceptors (Lipinski definition) is 5. The molecule has 3 aromatic carbocycles. The van der Waals surface area contributed by atoms with Crippen LogP contribution in [0.2, 0.25) is 0 Å². The van der Waals surface area contributed by atoms with Gasteiger partial charge < -0.3 is 21.7 Å². The Morgan fingerprint density at radius 3 is 1.90 bits per heavy atom. The summed E-state index contributed by atoms with van der Waals surface area (Å²) in [7, 11) is 0. The second kappa shape index (κ2) is 9.24. The van der Waals surface area contributed by atoms with E-state index in [2.05, 4.69) is 6.07 Å². The molecule has 0 radical (unpaired) electrons. The smallest absolute Gasteiger partial charge is 0.115 e. The summed E-state index contributed by atoms with van der Waals surface area (Å²) in [6.45, 7) is 0. The maximum absolute atomic E-state index is 9.57. The van der Waals surface area contributed by atoms with E-state index in [0.717, 1.165) is 28.7 Å². The lowest BCUT2D eigenvalue weighted by atomic mass is 9.89. The number of nitriles is 1. The molecule has 0 aliphatic rings. The van der Waals surface area contributed by atoms with Crippen molar-refractivity contribution in [2.75, 3.05) is 0 Å². The van der Waals surface area contributed by atoms with Crippen molar-refractivity contribution in [1.82, 2.24) is 0 Å². The van der Waals surface area contributed by atoms with Crippen LogP contribution in [0.1, 0.15) is 46.3 Å². The summed E-state index contributed by atoms with van der Waals surface area (Å²) in [5.74, 6) is 0.412. The zero-order chi connectivity index (χ0) is 20.8. The minimum absolute atomic E-state index is 0.167. The van der Waals surface area contributed by atoms with Gasteiger partial charge in [0.05, 0.1) is 11.6 Å². The first-order valence-corrected chi connectivity index (χ1v) is 9.58. The quantitative estimate of drug-likeness (QED) is 0.491. The predicted octanol–water partition coefficient (Wildman–Crippen LogP) is 3.84. The van der Waals surface area contributed by atoms with Gasteiger partial charge in [-0.1, -0.05) is 36.4 Å². The predicted molar refractivity (Wildman–Crippen MR) is 113 cm³/mol. The Bertz CT molecular complexity index is 992. The van der Waals surface area contributed by atoms with E-state index < -0.39 is 0 Å². The minimum atomic E-state index is -0.283. The Labute approximate surface area is 170 Å². The van der Waals surface area contributed by atoms with Crippen molar-refractivity contribution < 1.29 is 10.2 Å². The van der Waals surface area contributed by atoms with Crippen molar-refractivity contribution in [2.45, 2.75) is 31.3 Å². The molecule has 148 valence electrons. The van der Waals surface area contributed by atoms with Gasteiger partial charge >= 0.3 is 0 Å². The Balaban J connectivity index is 1.77. The van der Waals surface area contributed by atoms with Gasteiger partial charge in [0.25, 0.3) is 0 Å². The molecule has 0 spiro atoms. The number of rotatable bonds is 7. The van der Waals surface area contributed by atoms with Gasteiger partial charge in [0, 0.05) is 12.1 Å². The SMILES string of the molecule is N#Cc1cccc(CCC(N)c2ccc(O)cc2)c1CC(N)c1ccc(O)cc1. The number of nitrogens with zero attached hydrogens (tertiary/aromatic N) is 1. The molecule has 3 rings (SSSR count). The summed E-state index contributed by atoms with van der Waals surface area (Å²) < 4.78 is 0. The first kappa shape index (κ1) is 20.4. The fourth-order valence-corrected chi connectivity index (χ4v) is 3.47. The lowest BCUT2D eigenvalue weighted by molar-refractivity contribution is 0.474. The monoisotopic (exact) mass is 387 g/mol. The third-order valence-corrected chi connectivity index (χ3v) is 5.18. The van der Waals surface area contributed by atoms with Crippen molar-refractivity contribution in [3.05, 3.63) is 94.5 Å². The van der Waals surface area contributed by atoms with E-state index in [0.29, 0.717) is 18.4 Å². The van der Waals surface area contributed by atoms with Gasteiger partial charge in [0.15, 0.2) is 0 Å². The van der Waals surface area contributed by atoms with Crippen LogP contribution in [-0.2, 0) is 12.8 Å². The highest BCUT2D eigenvalue weighted by atomic mass is 16.3. The van der Waals surface area contributed by atoms with Crippen molar-refractivity contribution in [3.63, 3.8) is 0 Å². The van der Waals surface area contributed by atoms with Crippen LogP contribution in [0.15, 0.2) is 66.7 Å². The molecule has 0 aliphatic heterocycles. The number of hydrogen-bond donors (Lipinski definition) is 4. The Morgan fingerprint density at radius 2 is 1.34 bits per heavy atom. The molecule has 6 N–H and O–H groups in total. The number of aromatic hydroxyl groups is 2. The molecule has 0 amide bonds. The third kappa shape index (κ3) is 5.14. The molecule has 5 nitrogen and oxygen atoms in total. The van der Waals surface area contributed by atoms with Gasteiger partial charge in [-0.3, -0.25) is 0 Å². The summed E-state index contributed by atoms with van der Waals surface area (Å²) in [5, 5.41) is 28.5. The van der Waals surface area contributed by atoms with E-state index in [9.17, 15) is 15.5 Å². The number of nitrogens with two attached hydrogens (primary N) is 2. The molecule has 0 aromatic heterocycles. The standard InChI is InChI=1S/C24H25N3O2/c25-15-19-3-1-2-16(8-13-23(26)17-4-9-20(28)10-5-17)22(19)14-24(27)18-6-11-21(29)12-7-18/h1-7,9-12,23-24,28-29H,8,13-14,26-27H2. The number of phenols is 2. The minimum Gasteiger partial charge on any atom is -0.508 e. The molecule has 5 heteroatoms. The normalized spacial score (nSPS) is 12.9. The van der Waals surface area contributed by atoms with Crippen LogP contribution in [0.3, 0.4) is 0 Å². The Kier molecular flexibility index (Phi) is 6.50. The van der Waals surface area contributed by atoms with E-state index in [1.165, 1.54) is 0 Å². The summed E-state index contributed by atoms with van der Waals surface area (Å²) >= 11 is 0. The van der Waals surface area contributed by atoms with E-state index in [1.807, 2.05) is 30.3 Å². The zero-order valence-electron chi connectivity index (χ0n) is 16.1. The summed E-state index contributed by atoms with van der Waals surface area (Å²) in [6.07, 6.45) is 1.95. The molecular formula is C24H25N3O2. The van der Waals surface area contributed by atoms with Crippen molar-refractivity contribution in [1.29, 1.82) is 5.26 Å². The molecule has 3 aromatic rings. The van der Waals surface area contributed by atoms with Crippen LogP contribution in [0, 0.1) is 11.3 Å². The van der Waals surface area contributed by atoms with E-state index in [1.54, 1.807) is 36.4 Å². The largest absolute Gasteiger partial charge is 0.508 e. The highest BCUT2D eigenvalue weighted by Gasteiger charge is 2.15. The Hall–Kier alpha value is -3.33. The van der Waals surface area contributed by atoms with Crippen molar-refractivity contribution in [3.8, 4) is 17.6 Å². The number of phenolic OH excluding ortho intramolecular Hbond substituents is 2. The Morgan fingerprint density at radius 1 is 0.793 bits per heavy atom. The van der Waals surface area contributed by atoms with Crippen LogP contribution < -0.4 is 11.5 Å². The summed E-state index contributed by atoms with van der Waals surface area (Å²) in [4.78, 5) is 0. The van der Waals surface area contributed by atoms with Crippen LogP contribution in [-0.4, -0.2) is 10.2 Å². The molecule has 0 aliphatic carbocycles. The molecule has 29 heavy (non-hydrogen) atoms. The fourth-order valence-electron chi connectivity index (χ4n) is 3.47. The molecule has 2 atom stereocenters. The van der Waals surface area contributed by atoms with E-state index >= 15 is 0 Å². The van der Waals surface area contributed by atoms with Crippen LogP contribution in [0.5, 0.6) is 11.5 Å². The second-order valence-electron chi connectivity index (χ2n) is 7.19. The van der Waals surface area contributed by atoms with Gasteiger partial charge in [-0.2, -0.15) is 5.26 Å². The molecule has 0 bridgehead atoms. The van der Waals surface area contributed by atoms with Gasteiger partial charge in [-0.25, -0.2) is 0 Å². The highest BCUT2D eigenvalue weighted by Crippen LogP contribution is 2.26.